The van der Waals surface area contributed by atoms with Gasteiger partial charge in [0.15, 0.2) is 17.0 Å². The first kappa shape index (κ1) is 25.9. The van der Waals surface area contributed by atoms with Crippen molar-refractivity contribution in [3.05, 3.63) is 82.4 Å². The van der Waals surface area contributed by atoms with Gasteiger partial charge in [0.25, 0.3) is 5.91 Å². The first-order chi connectivity index (χ1) is 18.1. The van der Waals surface area contributed by atoms with Gasteiger partial charge in [-0.1, -0.05) is 17.7 Å². The molecule has 0 radical (unpaired) electrons. The van der Waals surface area contributed by atoms with Crippen molar-refractivity contribution in [2.75, 3.05) is 33.3 Å². The minimum atomic E-state index is -4.72. The van der Waals surface area contributed by atoms with Crippen molar-refractivity contribution >= 4 is 23.2 Å². The summed E-state index contributed by atoms with van der Waals surface area (Å²) in [4.78, 5) is 21.1. The Labute approximate surface area is 220 Å². The third-order valence-electron chi connectivity index (χ3n) is 6.39. The van der Waals surface area contributed by atoms with Crippen molar-refractivity contribution in [2.24, 2.45) is 0 Å². The van der Waals surface area contributed by atoms with Crippen LogP contribution in [0.4, 0.5) is 17.6 Å². The Morgan fingerprint density at radius 2 is 1.74 bits per heavy atom. The van der Waals surface area contributed by atoms with E-state index in [2.05, 4.69) is 15.0 Å². The summed E-state index contributed by atoms with van der Waals surface area (Å²) in [5, 5.41) is 4.31. The van der Waals surface area contributed by atoms with Gasteiger partial charge in [-0.15, -0.1) is 0 Å². The maximum Gasteiger partial charge on any atom is 0.433 e. The highest BCUT2D eigenvalue weighted by molar-refractivity contribution is 6.31. The van der Waals surface area contributed by atoms with Crippen LogP contribution in [0.15, 0.2) is 54.6 Å². The number of alkyl halides is 3. The Morgan fingerprint density at radius 1 is 1.03 bits per heavy atom. The minimum absolute atomic E-state index is 0.0846. The summed E-state index contributed by atoms with van der Waals surface area (Å²) in [6.07, 6.45) is -4.72. The number of hydrogen-bond donors (Lipinski definition) is 0. The van der Waals surface area contributed by atoms with Crippen LogP contribution in [-0.4, -0.2) is 63.6 Å². The van der Waals surface area contributed by atoms with E-state index in [9.17, 15) is 22.4 Å². The number of carbonyl (C=O) groups is 1. The lowest BCUT2D eigenvalue weighted by Gasteiger charge is -2.34. The van der Waals surface area contributed by atoms with Crippen LogP contribution in [0.1, 0.15) is 21.7 Å². The van der Waals surface area contributed by atoms with E-state index in [1.807, 2.05) is 0 Å². The predicted octanol–water partition coefficient (Wildman–Crippen LogP) is 5.17. The SMILES string of the molecule is COc1ccc(-c2cc(C(F)(F)F)n3nc(C(=O)N4CCN(Cc5ccc(F)cc5Cl)CC4)cc3n2)cc1. The molecule has 4 aromatic rings. The first-order valence-corrected chi connectivity index (χ1v) is 12.1. The molecule has 7 nitrogen and oxygen atoms in total. The van der Waals surface area contributed by atoms with Crippen molar-refractivity contribution in [1.82, 2.24) is 24.4 Å². The molecule has 0 unspecified atom stereocenters. The molecular weight excluding hydrogens is 526 g/mol. The van der Waals surface area contributed by atoms with E-state index in [0.29, 0.717) is 53.6 Å². The molecule has 2 aromatic heterocycles. The number of rotatable bonds is 5. The highest BCUT2D eigenvalue weighted by Crippen LogP contribution is 2.33. The lowest BCUT2D eigenvalue weighted by Crippen LogP contribution is -2.48. The molecule has 1 aliphatic heterocycles. The second kappa shape index (κ2) is 10.2. The van der Waals surface area contributed by atoms with Gasteiger partial charge in [-0.05, 0) is 48.0 Å². The van der Waals surface area contributed by atoms with Gasteiger partial charge in [0.1, 0.15) is 11.6 Å². The molecule has 1 fully saturated rings. The molecular formula is C26H22ClF4N5O2. The number of fused-ring (bicyclic) bond motifs is 1. The number of aromatic nitrogens is 3. The molecule has 2 aromatic carbocycles. The summed E-state index contributed by atoms with van der Waals surface area (Å²) in [7, 11) is 1.49. The summed E-state index contributed by atoms with van der Waals surface area (Å²) in [6, 6.07) is 12.9. The largest absolute Gasteiger partial charge is 0.497 e. The van der Waals surface area contributed by atoms with Gasteiger partial charge in [-0.25, -0.2) is 13.9 Å². The maximum absolute atomic E-state index is 13.9. The van der Waals surface area contributed by atoms with Crippen LogP contribution in [0.25, 0.3) is 16.9 Å². The number of halogens is 5. The van der Waals surface area contributed by atoms with Crippen molar-refractivity contribution in [3.63, 3.8) is 0 Å². The molecule has 5 rings (SSSR count). The zero-order chi connectivity index (χ0) is 27.0. The van der Waals surface area contributed by atoms with Crippen LogP contribution in [0.5, 0.6) is 5.75 Å². The monoisotopic (exact) mass is 547 g/mol. The van der Waals surface area contributed by atoms with Gasteiger partial charge in [0, 0.05) is 49.4 Å². The molecule has 1 aliphatic rings. The van der Waals surface area contributed by atoms with Crippen molar-refractivity contribution in [2.45, 2.75) is 12.7 Å². The molecule has 12 heteroatoms. The fourth-order valence-electron chi connectivity index (χ4n) is 4.35. The van der Waals surface area contributed by atoms with Crippen molar-refractivity contribution in [3.8, 4) is 17.0 Å². The van der Waals surface area contributed by atoms with E-state index in [1.165, 1.54) is 25.3 Å². The summed E-state index contributed by atoms with van der Waals surface area (Å²) < 4.78 is 60.9. The van der Waals surface area contributed by atoms with Crippen LogP contribution >= 0.6 is 11.6 Å². The van der Waals surface area contributed by atoms with Crippen LogP contribution in [0, 0.1) is 5.82 Å². The Balaban J connectivity index is 1.36. The van der Waals surface area contributed by atoms with E-state index in [1.54, 1.807) is 35.2 Å². The van der Waals surface area contributed by atoms with E-state index in [0.717, 1.165) is 11.6 Å². The first-order valence-electron chi connectivity index (χ1n) is 11.7. The Kier molecular flexibility index (Phi) is 6.97. The number of nitrogens with zero attached hydrogens (tertiary/aromatic N) is 5. The van der Waals surface area contributed by atoms with Crippen LogP contribution < -0.4 is 4.74 Å². The average molecular weight is 548 g/mol. The van der Waals surface area contributed by atoms with Gasteiger partial charge in [-0.3, -0.25) is 9.69 Å². The molecule has 1 saturated heterocycles. The molecule has 0 atom stereocenters. The molecule has 198 valence electrons. The number of ether oxygens (including phenoxy) is 1. The van der Waals surface area contributed by atoms with Gasteiger partial charge < -0.3 is 9.64 Å². The molecule has 0 saturated carbocycles. The lowest BCUT2D eigenvalue weighted by atomic mass is 10.1. The minimum Gasteiger partial charge on any atom is -0.497 e. The molecule has 0 aliphatic carbocycles. The predicted molar refractivity (Wildman–Crippen MR) is 133 cm³/mol. The third kappa shape index (κ3) is 5.30. The van der Waals surface area contributed by atoms with E-state index in [-0.39, 0.29) is 17.0 Å². The quantitative estimate of drug-likeness (QED) is 0.322. The second-order valence-electron chi connectivity index (χ2n) is 8.86. The molecule has 38 heavy (non-hydrogen) atoms. The summed E-state index contributed by atoms with van der Waals surface area (Å²) in [5.74, 6) is -0.334. The smallest absolute Gasteiger partial charge is 0.433 e. The Bertz CT molecular complexity index is 1480. The summed E-state index contributed by atoms with van der Waals surface area (Å²) >= 11 is 6.12. The normalized spacial score (nSPS) is 14.7. The fourth-order valence-corrected chi connectivity index (χ4v) is 4.58. The standard InChI is InChI=1S/C26H22ClF4N5O2/c1-38-19-6-3-16(4-7-19)21-13-23(26(29,30)31)36-24(32-21)14-22(33-36)25(37)35-10-8-34(9-11-35)15-17-2-5-18(28)12-20(17)27/h2-7,12-14H,8-11,15H2,1H3. The van der Waals surface area contributed by atoms with E-state index < -0.39 is 23.6 Å². The van der Waals surface area contributed by atoms with Crippen molar-refractivity contribution < 1.29 is 27.1 Å². The fraction of sp³-hybridized carbons (Fsp3) is 0.269. The number of carbonyl (C=O) groups excluding carboxylic acids is 1. The second-order valence-corrected chi connectivity index (χ2v) is 9.26. The number of piperazine rings is 1. The highest BCUT2D eigenvalue weighted by Gasteiger charge is 2.36. The van der Waals surface area contributed by atoms with Crippen molar-refractivity contribution in [1.29, 1.82) is 0 Å². The average Bonchev–Trinajstić information content (AvgIpc) is 3.33. The van der Waals surface area contributed by atoms with Crippen LogP contribution in [0.2, 0.25) is 5.02 Å². The topological polar surface area (TPSA) is 63.0 Å². The molecule has 1 amide bonds. The molecule has 0 spiro atoms. The molecule has 0 N–H and O–H groups in total. The van der Waals surface area contributed by atoms with E-state index >= 15 is 0 Å². The number of benzene rings is 2. The number of methoxy groups -OCH3 is 1. The Morgan fingerprint density at radius 3 is 2.37 bits per heavy atom. The summed E-state index contributed by atoms with van der Waals surface area (Å²) in [6.45, 7) is 2.22. The van der Waals surface area contributed by atoms with Gasteiger partial charge in [0.05, 0.1) is 12.8 Å². The zero-order valence-corrected chi connectivity index (χ0v) is 20.9. The highest BCUT2D eigenvalue weighted by atomic mass is 35.5. The lowest BCUT2D eigenvalue weighted by molar-refractivity contribution is -0.142. The summed E-state index contributed by atoms with van der Waals surface area (Å²) in [5.41, 5.74) is 0.0909. The van der Waals surface area contributed by atoms with Gasteiger partial charge >= 0.3 is 6.18 Å². The number of hydrogen-bond acceptors (Lipinski definition) is 5. The van der Waals surface area contributed by atoms with E-state index in [4.69, 9.17) is 16.3 Å². The third-order valence-corrected chi connectivity index (χ3v) is 6.74. The maximum atomic E-state index is 13.9. The molecule has 0 bridgehead atoms. The Hall–Kier alpha value is -3.70. The van der Waals surface area contributed by atoms with Crippen LogP contribution in [0.3, 0.4) is 0 Å². The molecule has 3 heterocycles. The zero-order valence-electron chi connectivity index (χ0n) is 20.2. The van der Waals surface area contributed by atoms with Gasteiger partial charge in [0.2, 0.25) is 0 Å². The van der Waals surface area contributed by atoms with Gasteiger partial charge in [-0.2, -0.15) is 18.3 Å². The number of amides is 1. The van der Waals surface area contributed by atoms with Crippen LogP contribution in [-0.2, 0) is 12.7 Å².